The zero-order valence-electron chi connectivity index (χ0n) is 8.62. The predicted octanol–water partition coefficient (Wildman–Crippen LogP) is 1.54. The minimum atomic E-state index is -4.50. The van der Waals surface area contributed by atoms with E-state index in [9.17, 15) is 23.1 Å². The summed E-state index contributed by atoms with van der Waals surface area (Å²) in [6, 6.07) is 6.02. The first-order chi connectivity index (χ1) is 7.88. The Hall–Kier alpha value is -1.76. The molecule has 0 saturated heterocycles. The van der Waals surface area contributed by atoms with Crippen LogP contribution < -0.4 is 5.48 Å². The molecule has 0 saturated carbocycles. The normalized spacial score (nSPS) is 11.2. The number of amides is 1. The van der Waals surface area contributed by atoms with Crippen molar-refractivity contribution in [1.82, 2.24) is 5.48 Å². The highest BCUT2D eigenvalue weighted by atomic mass is 19.4. The number of aromatic hydroxyl groups is 1. The Morgan fingerprint density at radius 2 is 2.00 bits per heavy atom. The molecular weight excluding hydrogens is 239 g/mol. The van der Waals surface area contributed by atoms with E-state index < -0.39 is 18.7 Å². The molecule has 0 atom stereocenters. The summed E-state index contributed by atoms with van der Waals surface area (Å²) in [7, 11) is 0. The van der Waals surface area contributed by atoms with Crippen LogP contribution >= 0.6 is 0 Å². The van der Waals surface area contributed by atoms with Crippen LogP contribution in [0, 0.1) is 0 Å². The van der Waals surface area contributed by atoms with Gasteiger partial charge in [-0.25, -0.2) is 5.48 Å². The van der Waals surface area contributed by atoms with Gasteiger partial charge in [0.15, 0.2) is 6.61 Å². The van der Waals surface area contributed by atoms with E-state index in [2.05, 4.69) is 4.84 Å². The Morgan fingerprint density at radius 1 is 1.35 bits per heavy atom. The lowest BCUT2D eigenvalue weighted by Gasteiger charge is -2.08. The molecule has 1 aromatic rings. The van der Waals surface area contributed by atoms with Crippen LogP contribution in [-0.2, 0) is 16.1 Å². The smallest absolute Gasteiger partial charge is 0.414 e. The van der Waals surface area contributed by atoms with Crippen molar-refractivity contribution < 1.29 is 27.9 Å². The van der Waals surface area contributed by atoms with Gasteiger partial charge in [0.05, 0.1) is 6.42 Å². The largest absolute Gasteiger partial charge is 0.508 e. The quantitative estimate of drug-likeness (QED) is 0.796. The zero-order chi connectivity index (χ0) is 12.9. The predicted molar refractivity (Wildman–Crippen MR) is 52.0 cm³/mol. The van der Waals surface area contributed by atoms with Crippen molar-refractivity contribution >= 4 is 5.91 Å². The fourth-order valence-electron chi connectivity index (χ4n) is 1.07. The highest BCUT2D eigenvalue weighted by molar-refractivity contribution is 5.78. The third kappa shape index (κ3) is 5.21. The molecule has 0 bridgehead atoms. The van der Waals surface area contributed by atoms with Crippen molar-refractivity contribution in [3.8, 4) is 5.75 Å². The molecule has 1 aromatic carbocycles. The van der Waals surface area contributed by atoms with Crippen molar-refractivity contribution in [2.75, 3.05) is 6.61 Å². The Balaban J connectivity index is 2.38. The van der Waals surface area contributed by atoms with E-state index in [1.807, 2.05) is 0 Å². The van der Waals surface area contributed by atoms with Gasteiger partial charge in [-0.05, 0) is 6.07 Å². The van der Waals surface area contributed by atoms with Crippen molar-refractivity contribution in [1.29, 1.82) is 0 Å². The third-order valence-electron chi connectivity index (χ3n) is 1.76. The number of rotatable bonds is 4. The maximum Gasteiger partial charge on any atom is 0.414 e. The Kier molecular flexibility index (Phi) is 4.33. The van der Waals surface area contributed by atoms with E-state index in [1.165, 1.54) is 12.1 Å². The molecule has 0 aliphatic carbocycles. The average Bonchev–Trinajstić information content (AvgIpc) is 2.19. The van der Waals surface area contributed by atoms with Crippen LogP contribution in [0.5, 0.6) is 5.75 Å². The number of carbonyl (C=O) groups is 1. The molecule has 94 valence electrons. The van der Waals surface area contributed by atoms with E-state index in [0.29, 0.717) is 5.56 Å². The highest BCUT2D eigenvalue weighted by Crippen LogP contribution is 2.16. The maximum absolute atomic E-state index is 11.7. The lowest BCUT2D eigenvalue weighted by atomic mass is 10.1. The molecule has 4 nitrogen and oxygen atoms in total. The topological polar surface area (TPSA) is 58.6 Å². The number of carbonyl (C=O) groups excluding carboxylic acids is 1. The first-order valence-electron chi connectivity index (χ1n) is 4.63. The lowest BCUT2D eigenvalue weighted by molar-refractivity contribution is -0.191. The fourth-order valence-corrected chi connectivity index (χ4v) is 1.07. The molecule has 1 amide bonds. The van der Waals surface area contributed by atoms with Gasteiger partial charge in [-0.2, -0.15) is 13.2 Å². The number of phenols is 1. The van der Waals surface area contributed by atoms with Gasteiger partial charge < -0.3 is 5.11 Å². The van der Waals surface area contributed by atoms with Gasteiger partial charge in [0.2, 0.25) is 5.91 Å². The highest BCUT2D eigenvalue weighted by Gasteiger charge is 2.28. The van der Waals surface area contributed by atoms with Crippen LogP contribution in [-0.4, -0.2) is 23.8 Å². The minimum absolute atomic E-state index is 0.0986. The second-order valence-corrected chi connectivity index (χ2v) is 3.23. The van der Waals surface area contributed by atoms with E-state index in [0.717, 1.165) is 0 Å². The summed E-state index contributed by atoms with van der Waals surface area (Å²) in [4.78, 5) is 15.1. The summed E-state index contributed by atoms with van der Waals surface area (Å²) in [5.74, 6) is -0.866. The molecule has 0 unspecified atom stereocenters. The maximum atomic E-state index is 11.7. The van der Waals surface area contributed by atoms with Crippen LogP contribution in [0.1, 0.15) is 5.56 Å². The van der Waals surface area contributed by atoms with Crippen LogP contribution in [0.2, 0.25) is 0 Å². The lowest BCUT2D eigenvalue weighted by Crippen LogP contribution is -2.30. The van der Waals surface area contributed by atoms with Gasteiger partial charge in [-0.15, -0.1) is 0 Å². The zero-order valence-corrected chi connectivity index (χ0v) is 8.62. The van der Waals surface area contributed by atoms with E-state index in [4.69, 9.17) is 0 Å². The summed E-state index contributed by atoms with van der Waals surface area (Å²) in [6.45, 7) is -1.56. The molecule has 0 radical (unpaired) electrons. The van der Waals surface area contributed by atoms with E-state index >= 15 is 0 Å². The van der Waals surface area contributed by atoms with Crippen LogP contribution in [0.25, 0.3) is 0 Å². The number of halogens is 3. The van der Waals surface area contributed by atoms with Crippen molar-refractivity contribution in [2.45, 2.75) is 12.6 Å². The second kappa shape index (κ2) is 5.53. The first kappa shape index (κ1) is 13.3. The van der Waals surface area contributed by atoms with Gasteiger partial charge in [0, 0.05) is 5.56 Å². The number of hydroxylamine groups is 1. The average molecular weight is 249 g/mol. The number of para-hydroxylation sites is 1. The molecule has 0 spiro atoms. The van der Waals surface area contributed by atoms with Crippen molar-refractivity contribution in [3.63, 3.8) is 0 Å². The van der Waals surface area contributed by atoms with E-state index in [1.54, 1.807) is 17.6 Å². The van der Waals surface area contributed by atoms with Gasteiger partial charge in [-0.3, -0.25) is 9.63 Å². The molecule has 0 aliphatic heterocycles. The summed E-state index contributed by atoms with van der Waals surface area (Å²) in [5.41, 5.74) is 1.95. The molecular formula is C10H10F3NO3. The summed E-state index contributed by atoms with van der Waals surface area (Å²) < 4.78 is 35.0. The van der Waals surface area contributed by atoms with Crippen LogP contribution in [0.3, 0.4) is 0 Å². The van der Waals surface area contributed by atoms with Gasteiger partial charge in [0.1, 0.15) is 5.75 Å². The number of hydrogen-bond donors (Lipinski definition) is 2. The number of alkyl halides is 3. The monoisotopic (exact) mass is 249 g/mol. The number of hydrogen-bond acceptors (Lipinski definition) is 3. The summed E-state index contributed by atoms with van der Waals surface area (Å²) in [6.07, 6.45) is -4.76. The van der Waals surface area contributed by atoms with Gasteiger partial charge >= 0.3 is 6.18 Å². The Bertz CT molecular complexity index is 393. The fraction of sp³-hybridized carbons (Fsp3) is 0.300. The molecule has 1 rings (SSSR count). The Labute approximate surface area is 95.0 Å². The summed E-state index contributed by atoms with van der Waals surface area (Å²) >= 11 is 0. The number of benzene rings is 1. The summed E-state index contributed by atoms with van der Waals surface area (Å²) in [5, 5.41) is 9.31. The van der Waals surface area contributed by atoms with Gasteiger partial charge in [-0.1, -0.05) is 18.2 Å². The van der Waals surface area contributed by atoms with Gasteiger partial charge in [0.25, 0.3) is 0 Å². The molecule has 0 fully saturated rings. The molecule has 0 heterocycles. The molecule has 0 aromatic heterocycles. The molecule has 0 aliphatic rings. The molecule has 2 N–H and O–H groups in total. The SMILES string of the molecule is O=C(Cc1ccccc1O)NOCC(F)(F)F. The van der Waals surface area contributed by atoms with E-state index in [-0.39, 0.29) is 12.2 Å². The third-order valence-corrected chi connectivity index (χ3v) is 1.76. The van der Waals surface area contributed by atoms with Crippen LogP contribution in [0.4, 0.5) is 13.2 Å². The molecule has 17 heavy (non-hydrogen) atoms. The van der Waals surface area contributed by atoms with Crippen LogP contribution in [0.15, 0.2) is 24.3 Å². The van der Waals surface area contributed by atoms with Crippen molar-refractivity contribution in [3.05, 3.63) is 29.8 Å². The standard InChI is InChI=1S/C10H10F3NO3/c11-10(12,13)6-17-14-9(16)5-7-3-1-2-4-8(7)15/h1-4,15H,5-6H2,(H,14,16). The molecule has 7 heteroatoms. The minimum Gasteiger partial charge on any atom is -0.508 e. The number of nitrogens with one attached hydrogen (secondary N) is 1. The second-order valence-electron chi connectivity index (χ2n) is 3.23. The van der Waals surface area contributed by atoms with Crippen molar-refractivity contribution in [2.24, 2.45) is 0 Å². The first-order valence-corrected chi connectivity index (χ1v) is 4.63. The number of phenolic OH excluding ortho intramolecular Hbond substituents is 1. The Morgan fingerprint density at radius 3 is 2.59 bits per heavy atom.